The molecule has 3 rings (SSSR count). The summed E-state index contributed by atoms with van der Waals surface area (Å²) in [6.45, 7) is 3.22. The maximum absolute atomic E-state index is 12.4. The van der Waals surface area contributed by atoms with Gasteiger partial charge in [-0.2, -0.15) is 12.1 Å². The molecule has 0 bridgehead atoms. The first kappa shape index (κ1) is 22.7. The van der Waals surface area contributed by atoms with Crippen LogP contribution in [0.3, 0.4) is 0 Å². The summed E-state index contributed by atoms with van der Waals surface area (Å²) in [5, 5.41) is 13.3. The van der Waals surface area contributed by atoms with Crippen LogP contribution in [0.5, 0.6) is 0 Å². The van der Waals surface area contributed by atoms with Gasteiger partial charge in [-0.25, -0.2) is 0 Å². The average molecular weight is 461 g/mol. The summed E-state index contributed by atoms with van der Waals surface area (Å²) in [6.07, 6.45) is 3.80. The summed E-state index contributed by atoms with van der Waals surface area (Å²) in [5.41, 5.74) is 1.80. The fourth-order valence-electron chi connectivity index (χ4n) is 3.32. The van der Waals surface area contributed by atoms with Crippen molar-refractivity contribution >= 4 is 22.9 Å². The fourth-order valence-corrected chi connectivity index (χ4v) is 3.89. The van der Waals surface area contributed by atoms with Crippen molar-refractivity contribution in [1.29, 1.82) is 0 Å². The molecule has 2 heterocycles. The molecule has 1 unspecified atom stereocenters. The van der Waals surface area contributed by atoms with Gasteiger partial charge in [0.1, 0.15) is 0 Å². The van der Waals surface area contributed by atoms with E-state index in [2.05, 4.69) is 12.3 Å². The third-order valence-corrected chi connectivity index (χ3v) is 5.56. The molecular weight excluding hydrogens is 435 g/mol. The molecule has 2 aromatic rings. The largest absolute Gasteiger partial charge is 0.388 e. The van der Waals surface area contributed by atoms with Gasteiger partial charge in [0.05, 0.1) is 18.8 Å². The van der Waals surface area contributed by atoms with Crippen molar-refractivity contribution in [2.45, 2.75) is 57.8 Å². The van der Waals surface area contributed by atoms with Crippen LogP contribution in [-0.2, 0) is 48.8 Å². The predicted molar refractivity (Wildman–Crippen MR) is 104 cm³/mol. The van der Waals surface area contributed by atoms with Crippen molar-refractivity contribution in [2.24, 2.45) is 0 Å². The number of carbonyl (C=O) groups is 1. The minimum Gasteiger partial charge on any atom is -0.388 e. The molecule has 1 amide bonds. The minimum absolute atomic E-state index is 0. The molecule has 1 aromatic carbocycles. The Balaban J connectivity index is 0.00000261. The molecule has 1 saturated heterocycles. The molecule has 1 radical (unpaired) electrons. The van der Waals surface area contributed by atoms with Crippen LogP contribution in [0.4, 0.5) is 5.69 Å². The van der Waals surface area contributed by atoms with E-state index < -0.39 is 6.10 Å². The first-order valence-electron chi connectivity index (χ1n) is 9.31. The average Bonchev–Trinajstić information content (AvgIpc) is 3.30. The molecule has 1 aliphatic heterocycles. The first-order chi connectivity index (χ1) is 12.7. The number of anilines is 1. The molecule has 4 nitrogen and oxygen atoms in total. The predicted octanol–water partition coefficient (Wildman–Crippen LogP) is 4.48. The van der Waals surface area contributed by atoms with Gasteiger partial charge in [-0.1, -0.05) is 31.9 Å². The van der Waals surface area contributed by atoms with E-state index in [1.807, 2.05) is 41.3 Å². The zero-order valence-electron chi connectivity index (χ0n) is 15.8. The zero-order valence-corrected chi connectivity index (χ0v) is 19.4. The molecule has 1 fully saturated rings. The maximum Gasteiger partial charge on any atom is 0.227 e. The number of aliphatic hydroxyl groups excluding tert-OH is 1. The van der Waals surface area contributed by atoms with Gasteiger partial charge >= 0.3 is 0 Å². The Kier molecular flexibility index (Phi) is 9.60. The summed E-state index contributed by atoms with van der Waals surface area (Å²) in [4.78, 5) is 15.3. The van der Waals surface area contributed by atoms with Crippen molar-refractivity contribution in [3.8, 4) is 0 Å². The number of benzene rings is 1. The molecule has 2 atom stereocenters. The smallest absolute Gasteiger partial charge is 0.227 e. The summed E-state index contributed by atoms with van der Waals surface area (Å²) in [7, 11) is 0. The molecule has 143 valence electrons. The van der Waals surface area contributed by atoms with Gasteiger partial charge in [0.15, 0.2) is 0 Å². The number of rotatable bonds is 9. The van der Waals surface area contributed by atoms with Crippen molar-refractivity contribution < 1.29 is 47.3 Å². The van der Waals surface area contributed by atoms with Crippen molar-refractivity contribution in [1.82, 2.24) is 0 Å². The Labute approximate surface area is 190 Å². The van der Waals surface area contributed by atoms with Crippen LogP contribution in [0, 0.1) is 5.38 Å². The number of carbonyl (C=O) groups excluding carboxylic acids is 1. The number of amides is 1. The summed E-state index contributed by atoms with van der Waals surface area (Å²) in [5.74, 6) is 0.141. The van der Waals surface area contributed by atoms with E-state index in [1.165, 1.54) is 0 Å². The van der Waals surface area contributed by atoms with Gasteiger partial charge in [0.25, 0.3) is 0 Å². The van der Waals surface area contributed by atoms with Gasteiger partial charge in [-0.3, -0.25) is 16.1 Å². The number of thiophene rings is 1. The van der Waals surface area contributed by atoms with Crippen molar-refractivity contribution in [3.63, 3.8) is 0 Å². The number of unbranched alkanes of at least 4 members (excludes halogenated alkanes) is 1. The van der Waals surface area contributed by atoms with E-state index in [9.17, 15) is 9.90 Å². The van der Waals surface area contributed by atoms with Gasteiger partial charge in [0.2, 0.25) is 5.91 Å². The molecule has 0 spiro atoms. The molecule has 1 N–H and O–H groups in total. The van der Waals surface area contributed by atoms with E-state index in [-0.39, 0.29) is 44.7 Å². The van der Waals surface area contributed by atoms with E-state index in [0.717, 1.165) is 41.8 Å². The second-order valence-electron chi connectivity index (χ2n) is 6.74. The molecular formula is C21H26NO3SY-. The molecule has 0 aliphatic carbocycles. The third kappa shape index (κ3) is 6.20. The van der Waals surface area contributed by atoms with Crippen molar-refractivity contribution in [2.75, 3.05) is 11.5 Å². The summed E-state index contributed by atoms with van der Waals surface area (Å²) >= 11 is 1.56. The summed E-state index contributed by atoms with van der Waals surface area (Å²) in [6, 6.07) is 11.7. The Morgan fingerprint density at radius 1 is 1.33 bits per heavy atom. The Bertz CT molecular complexity index is 690. The summed E-state index contributed by atoms with van der Waals surface area (Å²) < 4.78 is 5.82. The van der Waals surface area contributed by atoms with E-state index >= 15 is 0 Å². The molecule has 6 heteroatoms. The standard InChI is InChI=1S/C21H26NO3S.Y/c1-2-3-6-20(23)16-7-9-17(10-8-16)22-18(11-12-21(22)24)14-25-15-19-5-4-13-26-19;/h4-5,7-10,18,20,23H,2-3,6,11-12,14-15H2,1H3;/q-1;/t18-,20?;/m1./s1. The van der Waals surface area contributed by atoms with Crippen LogP contribution in [0.25, 0.3) is 0 Å². The maximum atomic E-state index is 12.4. The number of hydrogen-bond donors (Lipinski definition) is 1. The van der Waals surface area contributed by atoms with Gasteiger partial charge in [-0.15, -0.1) is 10.3 Å². The number of aliphatic hydroxyl groups is 1. The van der Waals surface area contributed by atoms with Gasteiger partial charge < -0.3 is 14.7 Å². The fraction of sp³-hybridized carbons (Fsp3) is 0.476. The van der Waals surface area contributed by atoms with Crippen molar-refractivity contribution in [3.05, 3.63) is 52.2 Å². The Morgan fingerprint density at radius 3 is 2.78 bits per heavy atom. The Morgan fingerprint density at radius 2 is 2.11 bits per heavy atom. The quantitative estimate of drug-likeness (QED) is 0.561. The van der Waals surface area contributed by atoms with E-state index in [1.54, 1.807) is 11.3 Å². The van der Waals surface area contributed by atoms with Crippen LogP contribution in [-0.4, -0.2) is 23.7 Å². The van der Waals surface area contributed by atoms with E-state index in [4.69, 9.17) is 4.74 Å². The van der Waals surface area contributed by atoms with Gasteiger partial charge in [0, 0.05) is 51.4 Å². The van der Waals surface area contributed by atoms with Gasteiger partial charge in [-0.05, 0) is 30.5 Å². The molecule has 1 aliphatic rings. The second-order valence-corrected chi connectivity index (χ2v) is 7.70. The SMILES string of the molecule is CCCCC(O)c1ccc(N2C(=O)CC[C@@H]2COCc2cc[c-]s2)cc1.[Y]. The van der Waals surface area contributed by atoms with Crippen LogP contribution in [0.2, 0.25) is 0 Å². The molecule has 1 aromatic heterocycles. The monoisotopic (exact) mass is 461 g/mol. The third-order valence-electron chi connectivity index (χ3n) is 4.79. The minimum atomic E-state index is -0.431. The number of ether oxygens (including phenoxy) is 1. The van der Waals surface area contributed by atoms with E-state index in [0.29, 0.717) is 19.6 Å². The number of hydrogen-bond acceptors (Lipinski definition) is 4. The normalized spacial score (nSPS) is 17.8. The van der Waals surface area contributed by atoms with Crippen LogP contribution in [0.1, 0.15) is 55.6 Å². The molecule has 27 heavy (non-hydrogen) atoms. The van der Waals surface area contributed by atoms with Crippen LogP contribution in [0.15, 0.2) is 36.4 Å². The second kappa shape index (κ2) is 11.4. The topological polar surface area (TPSA) is 49.8 Å². The van der Waals surface area contributed by atoms with Crippen LogP contribution < -0.4 is 4.90 Å². The Hall–Kier alpha value is -0.586. The first-order valence-corrected chi connectivity index (χ1v) is 10.1. The molecule has 0 saturated carbocycles. The zero-order chi connectivity index (χ0) is 18.4. The van der Waals surface area contributed by atoms with Crippen LogP contribution >= 0.6 is 11.3 Å². The number of nitrogens with zero attached hydrogens (tertiary/aromatic N) is 1.